The number of likely N-dealkylation sites (N-methyl/N-ethyl adjacent to an activating group) is 1. The van der Waals surface area contributed by atoms with Gasteiger partial charge in [0, 0.05) is 35.8 Å². The lowest BCUT2D eigenvalue weighted by molar-refractivity contribution is 0.0186. The summed E-state index contributed by atoms with van der Waals surface area (Å²) in [6.07, 6.45) is 2.56. The van der Waals surface area contributed by atoms with E-state index >= 15 is 0 Å². The molecule has 30 heavy (non-hydrogen) atoms. The number of fused-ring (bicyclic) bond motifs is 3. The molecule has 3 fully saturated rings. The molecule has 2 nitrogen and oxygen atoms in total. The van der Waals surface area contributed by atoms with Gasteiger partial charge in [-0.15, -0.1) is 0 Å². The number of rotatable bonds is 5. The number of hydrogen-bond donors (Lipinski definition) is 0. The summed E-state index contributed by atoms with van der Waals surface area (Å²) in [6.45, 7) is 2.40. The third kappa shape index (κ3) is 3.64. The van der Waals surface area contributed by atoms with Gasteiger partial charge < -0.3 is 4.90 Å². The normalized spacial score (nSPS) is 25.4. The van der Waals surface area contributed by atoms with Gasteiger partial charge in [-0.3, -0.25) is 4.90 Å². The van der Waals surface area contributed by atoms with Crippen molar-refractivity contribution in [2.75, 3.05) is 25.0 Å². The second-order valence-corrected chi connectivity index (χ2v) is 9.18. The number of nitrogens with zero attached hydrogens (tertiary/aromatic N) is 2. The summed E-state index contributed by atoms with van der Waals surface area (Å²) in [5, 5.41) is 0.805. The minimum atomic E-state index is 0.349. The van der Waals surface area contributed by atoms with Gasteiger partial charge in [0.25, 0.3) is 0 Å². The Hall–Kier alpha value is -2.29. The molecule has 3 heterocycles. The van der Waals surface area contributed by atoms with Gasteiger partial charge in [-0.1, -0.05) is 78.3 Å². The quantitative estimate of drug-likeness (QED) is 0.498. The fourth-order valence-corrected chi connectivity index (χ4v) is 5.97. The van der Waals surface area contributed by atoms with Gasteiger partial charge in [-0.05, 0) is 61.2 Å². The van der Waals surface area contributed by atoms with Crippen LogP contribution < -0.4 is 4.90 Å². The first-order valence-corrected chi connectivity index (χ1v) is 11.4. The van der Waals surface area contributed by atoms with Gasteiger partial charge in [0.15, 0.2) is 0 Å². The Labute approximate surface area is 185 Å². The molecule has 3 aliphatic rings. The van der Waals surface area contributed by atoms with Gasteiger partial charge in [0.1, 0.15) is 0 Å². The molecule has 0 spiro atoms. The highest BCUT2D eigenvalue weighted by molar-refractivity contribution is 6.30. The molecule has 2 atom stereocenters. The predicted molar refractivity (Wildman–Crippen MR) is 126 cm³/mol. The summed E-state index contributed by atoms with van der Waals surface area (Å²) in [6, 6.07) is 31.4. The molecule has 3 saturated heterocycles. The lowest BCUT2D eigenvalue weighted by Crippen LogP contribution is -2.65. The van der Waals surface area contributed by atoms with Gasteiger partial charge in [0.2, 0.25) is 0 Å². The summed E-state index contributed by atoms with van der Waals surface area (Å²) in [5.41, 5.74) is 4.03. The molecule has 0 unspecified atom stereocenters. The Morgan fingerprint density at radius 1 is 0.833 bits per heavy atom. The molecule has 0 aliphatic carbocycles. The van der Waals surface area contributed by atoms with Crippen LogP contribution in [-0.4, -0.2) is 37.1 Å². The SMILES string of the molecule is CN(c1cccc(Cl)c1)[C@@H]1C2CCN(CC2)[C@@H]1C(c1ccccc1)c1ccccc1. The van der Waals surface area contributed by atoms with Gasteiger partial charge >= 0.3 is 0 Å². The van der Waals surface area contributed by atoms with Crippen molar-refractivity contribution in [1.29, 1.82) is 0 Å². The van der Waals surface area contributed by atoms with Crippen LogP contribution in [0.15, 0.2) is 84.9 Å². The molecule has 0 aromatic heterocycles. The molecule has 6 rings (SSSR count). The van der Waals surface area contributed by atoms with Crippen molar-refractivity contribution >= 4 is 17.3 Å². The van der Waals surface area contributed by atoms with E-state index in [2.05, 4.69) is 95.7 Å². The van der Waals surface area contributed by atoms with Crippen LogP contribution in [0.1, 0.15) is 29.9 Å². The molecule has 3 heteroatoms. The summed E-state index contributed by atoms with van der Waals surface area (Å²) in [4.78, 5) is 5.25. The average Bonchev–Trinajstić information content (AvgIpc) is 2.81. The van der Waals surface area contributed by atoms with Crippen LogP contribution >= 0.6 is 11.6 Å². The Balaban J connectivity index is 1.61. The summed E-state index contributed by atoms with van der Waals surface area (Å²) in [7, 11) is 2.26. The molecular weight excluding hydrogens is 388 g/mol. The fourth-order valence-electron chi connectivity index (χ4n) is 5.78. The average molecular weight is 417 g/mol. The molecule has 0 amide bonds. The van der Waals surface area contributed by atoms with Crippen molar-refractivity contribution in [3.8, 4) is 0 Å². The minimum Gasteiger partial charge on any atom is -0.370 e. The summed E-state index contributed by atoms with van der Waals surface area (Å²) in [5.74, 6) is 1.06. The number of piperidine rings is 3. The van der Waals surface area contributed by atoms with Crippen LogP contribution in [-0.2, 0) is 0 Å². The maximum Gasteiger partial charge on any atom is 0.0480 e. The number of hydrogen-bond acceptors (Lipinski definition) is 2. The highest BCUT2D eigenvalue weighted by atomic mass is 35.5. The van der Waals surface area contributed by atoms with E-state index in [-0.39, 0.29) is 0 Å². The van der Waals surface area contributed by atoms with Crippen molar-refractivity contribution in [1.82, 2.24) is 4.90 Å². The first-order valence-electron chi connectivity index (χ1n) is 11.0. The molecule has 0 saturated carbocycles. The first-order chi connectivity index (χ1) is 14.7. The predicted octanol–water partition coefficient (Wildman–Crippen LogP) is 6.07. The summed E-state index contributed by atoms with van der Waals surface area (Å²) >= 11 is 6.36. The molecule has 154 valence electrons. The van der Waals surface area contributed by atoms with Crippen molar-refractivity contribution < 1.29 is 0 Å². The third-order valence-corrected chi connectivity index (χ3v) is 7.39. The smallest absolute Gasteiger partial charge is 0.0480 e. The monoisotopic (exact) mass is 416 g/mol. The van der Waals surface area contributed by atoms with E-state index in [4.69, 9.17) is 11.6 Å². The molecular formula is C27H29ClN2. The van der Waals surface area contributed by atoms with Gasteiger partial charge in [-0.2, -0.15) is 0 Å². The minimum absolute atomic E-state index is 0.349. The number of benzene rings is 3. The zero-order chi connectivity index (χ0) is 20.5. The van der Waals surface area contributed by atoms with E-state index in [0.717, 1.165) is 5.02 Å². The first kappa shape index (κ1) is 19.7. The van der Waals surface area contributed by atoms with E-state index in [1.807, 2.05) is 6.07 Å². The maximum atomic E-state index is 6.36. The van der Waals surface area contributed by atoms with Crippen molar-refractivity contribution in [2.24, 2.45) is 5.92 Å². The fraction of sp³-hybridized carbons (Fsp3) is 0.333. The van der Waals surface area contributed by atoms with Crippen LogP contribution in [0.5, 0.6) is 0 Å². The van der Waals surface area contributed by atoms with Crippen LogP contribution in [0.25, 0.3) is 0 Å². The Kier molecular flexibility index (Phi) is 5.54. The molecule has 3 aromatic rings. The molecule has 0 radical (unpaired) electrons. The van der Waals surface area contributed by atoms with Crippen LogP contribution in [0.3, 0.4) is 0 Å². The molecule has 2 bridgehead atoms. The zero-order valence-electron chi connectivity index (χ0n) is 17.5. The molecule has 0 N–H and O–H groups in total. The van der Waals surface area contributed by atoms with E-state index in [9.17, 15) is 0 Å². The molecule has 3 aliphatic heterocycles. The summed E-state index contributed by atoms with van der Waals surface area (Å²) < 4.78 is 0. The lowest BCUT2D eigenvalue weighted by atomic mass is 9.70. The third-order valence-electron chi connectivity index (χ3n) is 7.15. The van der Waals surface area contributed by atoms with E-state index in [1.165, 1.54) is 42.7 Å². The van der Waals surface area contributed by atoms with E-state index in [1.54, 1.807) is 0 Å². The largest absolute Gasteiger partial charge is 0.370 e. The van der Waals surface area contributed by atoms with Gasteiger partial charge in [-0.25, -0.2) is 0 Å². The second kappa shape index (κ2) is 8.45. The van der Waals surface area contributed by atoms with Crippen molar-refractivity contribution in [3.05, 3.63) is 101 Å². The number of halogens is 1. The Morgan fingerprint density at radius 3 is 2.00 bits per heavy atom. The highest BCUT2D eigenvalue weighted by Gasteiger charge is 2.48. The lowest BCUT2D eigenvalue weighted by Gasteiger charge is -2.56. The topological polar surface area (TPSA) is 6.48 Å². The Bertz CT molecular complexity index is 927. The second-order valence-electron chi connectivity index (χ2n) is 8.74. The van der Waals surface area contributed by atoms with Crippen molar-refractivity contribution in [2.45, 2.75) is 30.8 Å². The van der Waals surface area contributed by atoms with Crippen LogP contribution in [0.4, 0.5) is 5.69 Å². The number of anilines is 1. The molecule has 3 aromatic carbocycles. The highest BCUT2D eigenvalue weighted by Crippen LogP contribution is 2.44. The van der Waals surface area contributed by atoms with E-state index < -0.39 is 0 Å². The van der Waals surface area contributed by atoms with Crippen molar-refractivity contribution in [3.63, 3.8) is 0 Å². The standard InChI is InChI=1S/C27H29ClN2/c1-29(24-14-8-13-23(28)19-24)26-22-15-17-30(18-16-22)27(26)25(20-9-4-2-5-10-20)21-11-6-3-7-12-21/h2-14,19,22,25-27H,15-18H2,1H3/t26-,27-/m1/s1. The van der Waals surface area contributed by atoms with Gasteiger partial charge in [0.05, 0.1) is 0 Å². The van der Waals surface area contributed by atoms with Crippen LogP contribution in [0, 0.1) is 5.92 Å². The van der Waals surface area contributed by atoms with E-state index in [0.29, 0.717) is 23.9 Å². The zero-order valence-corrected chi connectivity index (χ0v) is 18.2. The maximum absolute atomic E-state index is 6.36. The van der Waals surface area contributed by atoms with Crippen LogP contribution in [0.2, 0.25) is 5.02 Å². The Morgan fingerprint density at radius 2 is 1.43 bits per heavy atom.